The second-order valence-corrected chi connectivity index (χ2v) is 6.13. The average Bonchev–Trinajstić information content (AvgIpc) is 2.58. The third-order valence-corrected chi connectivity index (χ3v) is 4.38. The smallest absolute Gasteiger partial charge is 0.304 e. The molecule has 2 atom stereocenters. The minimum Gasteiger partial charge on any atom is -0.481 e. The highest BCUT2D eigenvalue weighted by Crippen LogP contribution is 2.37. The van der Waals surface area contributed by atoms with Crippen LogP contribution in [0, 0.1) is 5.92 Å². The summed E-state index contributed by atoms with van der Waals surface area (Å²) in [5, 5.41) is 9.65. The van der Waals surface area contributed by atoms with Crippen LogP contribution in [0.3, 0.4) is 0 Å². The molecule has 2 heterocycles. The van der Waals surface area contributed by atoms with E-state index in [4.69, 9.17) is 16.7 Å². The van der Waals surface area contributed by atoms with E-state index in [-0.39, 0.29) is 24.3 Å². The summed E-state index contributed by atoms with van der Waals surface area (Å²) in [6.07, 6.45) is 4.10. The van der Waals surface area contributed by atoms with Crippen LogP contribution in [0.2, 0.25) is 5.02 Å². The Bertz CT molecular complexity index is 737. The molecule has 1 aromatic heterocycles. The van der Waals surface area contributed by atoms with Gasteiger partial charge in [0.1, 0.15) is 0 Å². The van der Waals surface area contributed by atoms with Crippen LogP contribution in [0.1, 0.15) is 30.9 Å². The molecule has 1 unspecified atom stereocenters. The molecule has 2 aromatic rings. The molecule has 1 fully saturated rings. The lowest BCUT2D eigenvalue weighted by Gasteiger charge is -2.37. The number of aliphatic carboxylic acids is 1. The van der Waals surface area contributed by atoms with E-state index < -0.39 is 11.9 Å². The van der Waals surface area contributed by atoms with Gasteiger partial charge in [-0.2, -0.15) is 0 Å². The number of halogens is 1. The minimum absolute atomic E-state index is 0.185. The molecule has 124 valence electrons. The monoisotopic (exact) mass is 345 g/mol. The Morgan fingerprint density at radius 3 is 2.50 bits per heavy atom. The molecule has 1 aliphatic heterocycles. The van der Waals surface area contributed by atoms with E-state index in [1.807, 2.05) is 12.1 Å². The van der Waals surface area contributed by atoms with E-state index in [2.05, 4.69) is 9.97 Å². The first-order chi connectivity index (χ1) is 11.6. The van der Waals surface area contributed by atoms with E-state index in [9.17, 15) is 9.59 Å². The zero-order chi connectivity index (χ0) is 17.1. The van der Waals surface area contributed by atoms with E-state index >= 15 is 0 Å². The molecule has 7 heteroatoms. The first kappa shape index (κ1) is 16.4. The summed E-state index contributed by atoms with van der Waals surface area (Å²) in [6, 6.07) is 8.72. The van der Waals surface area contributed by atoms with Crippen LogP contribution >= 0.6 is 11.6 Å². The number of amides is 1. The molecule has 1 saturated heterocycles. The van der Waals surface area contributed by atoms with Gasteiger partial charge in [-0.15, -0.1) is 0 Å². The molecule has 0 bridgehead atoms. The molecule has 1 amide bonds. The van der Waals surface area contributed by atoms with Crippen LogP contribution in [-0.2, 0) is 9.59 Å². The van der Waals surface area contributed by atoms with E-state index in [1.54, 1.807) is 30.6 Å². The van der Waals surface area contributed by atoms with Gasteiger partial charge >= 0.3 is 5.97 Å². The van der Waals surface area contributed by atoms with Crippen LogP contribution in [0.15, 0.2) is 42.7 Å². The highest BCUT2D eigenvalue weighted by atomic mass is 35.5. The predicted octanol–water partition coefficient (Wildman–Crippen LogP) is 3.09. The summed E-state index contributed by atoms with van der Waals surface area (Å²) in [6.45, 7) is 0. The number of carboxylic acid groups (broad SMARTS) is 1. The molecule has 3 rings (SSSR count). The second-order valence-electron chi connectivity index (χ2n) is 5.70. The van der Waals surface area contributed by atoms with Gasteiger partial charge in [0.25, 0.3) is 0 Å². The number of aromatic nitrogens is 2. The van der Waals surface area contributed by atoms with Gasteiger partial charge in [-0.1, -0.05) is 23.7 Å². The van der Waals surface area contributed by atoms with E-state index in [0.717, 1.165) is 5.56 Å². The predicted molar refractivity (Wildman–Crippen MR) is 88.7 cm³/mol. The summed E-state index contributed by atoms with van der Waals surface area (Å²) in [4.78, 5) is 33.8. The Balaban J connectivity index is 1.97. The molecular weight excluding hydrogens is 330 g/mol. The summed E-state index contributed by atoms with van der Waals surface area (Å²) in [5.74, 6) is -1.51. The van der Waals surface area contributed by atoms with Crippen molar-refractivity contribution in [1.29, 1.82) is 0 Å². The van der Waals surface area contributed by atoms with Gasteiger partial charge in [-0.05, 0) is 36.6 Å². The van der Waals surface area contributed by atoms with E-state index in [0.29, 0.717) is 17.9 Å². The minimum atomic E-state index is -0.979. The molecule has 0 aliphatic carbocycles. The summed E-state index contributed by atoms with van der Waals surface area (Å²) < 4.78 is 0. The van der Waals surface area contributed by atoms with Crippen molar-refractivity contribution in [3.63, 3.8) is 0 Å². The standard InChI is InChI=1S/C17H16ClN3O3/c18-13-5-2-11(3-6-13)14-7-4-12(10-15(22)23)16(24)21(14)17-19-8-1-9-20-17/h1-3,5-6,8-9,12,14H,4,7,10H2,(H,22,23)/t12?,14-/m0/s1. The Hall–Kier alpha value is -2.47. The number of carbonyl (C=O) groups excluding carboxylic acids is 1. The van der Waals surface area contributed by atoms with Gasteiger partial charge in [0.05, 0.1) is 12.5 Å². The maximum absolute atomic E-state index is 12.9. The topological polar surface area (TPSA) is 83.4 Å². The highest BCUT2D eigenvalue weighted by Gasteiger charge is 2.39. The lowest BCUT2D eigenvalue weighted by Crippen LogP contribution is -2.45. The number of hydrogen-bond acceptors (Lipinski definition) is 4. The van der Waals surface area contributed by atoms with Gasteiger partial charge in [-0.3, -0.25) is 14.5 Å². The number of piperidine rings is 1. The third-order valence-electron chi connectivity index (χ3n) is 4.13. The summed E-state index contributed by atoms with van der Waals surface area (Å²) >= 11 is 5.94. The lowest BCUT2D eigenvalue weighted by molar-refractivity contribution is -0.141. The molecule has 0 spiro atoms. The lowest BCUT2D eigenvalue weighted by atomic mass is 9.86. The van der Waals surface area contributed by atoms with Crippen molar-refractivity contribution in [2.75, 3.05) is 4.90 Å². The number of rotatable bonds is 4. The largest absolute Gasteiger partial charge is 0.481 e. The van der Waals surface area contributed by atoms with E-state index in [1.165, 1.54) is 4.90 Å². The molecular formula is C17H16ClN3O3. The molecule has 1 N–H and O–H groups in total. The SMILES string of the molecule is O=C(O)CC1CC[C@@H](c2ccc(Cl)cc2)N(c2ncccn2)C1=O. The Kier molecular flexibility index (Phi) is 4.76. The molecule has 0 radical (unpaired) electrons. The Labute approximate surface area is 144 Å². The Morgan fingerprint density at radius 1 is 1.21 bits per heavy atom. The van der Waals surface area contributed by atoms with Crippen molar-refractivity contribution >= 4 is 29.4 Å². The van der Waals surface area contributed by atoms with Crippen molar-refractivity contribution in [2.45, 2.75) is 25.3 Å². The number of carboxylic acids is 1. The van der Waals surface area contributed by atoms with Crippen LogP contribution in [0.25, 0.3) is 0 Å². The number of carbonyl (C=O) groups is 2. The quantitative estimate of drug-likeness (QED) is 0.920. The van der Waals surface area contributed by atoms with Gasteiger partial charge < -0.3 is 5.11 Å². The van der Waals surface area contributed by atoms with Gasteiger partial charge in [0.2, 0.25) is 11.9 Å². The normalized spacial score (nSPS) is 20.9. The first-order valence-electron chi connectivity index (χ1n) is 7.63. The van der Waals surface area contributed by atoms with Crippen molar-refractivity contribution in [3.8, 4) is 0 Å². The fourth-order valence-electron chi connectivity index (χ4n) is 3.02. The molecule has 1 aliphatic rings. The zero-order valence-corrected chi connectivity index (χ0v) is 13.6. The number of anilines is 1. The highest BCUT2D eigenvalue weighted by molar-refractivity contribution is 6.30. The Morgan fingerprint density at radius 2 is 1.88 bits per heavy atom. The van der Waals surface area contributed by atoms with Crippen molar-refractivity contribution in [3.05, 3.63) is 53.3 Å². The van der Waals surface area contributed by atoms with Gasteiger partial charge in [0.15, 0.2) is 0 Å². The summed E-state index contributed by atoms with van der Waals surface area (Å²) in [7, 11) is 0. The zero-order valence-electron chi connectivity index (χ0n) is 12.8. The molecule has 0 saturated carbocycles. The number of hydrogen-bond donors (Lipinski definition) is 1. The van der Waals surface area contributed by atoms with Crippen LogP contribution < -0.4 is 4.90 Å². The van der Waals surface area contributed by atoms with Crippen molar-refractivity contribution < 1.29 is 14.7 Å². The fraction of sp³-hybridized carbons (Fsp3) is 0.294. The van der Waals surface area contributed by atoms with Gasteiger partial charge in [0, 0.05) is 23.3 Å². The van der Waals surface area contributed by atoms with Crippen LogP contribution in [0.4, 0.5) is 5.95 Å². The molecule has 6 nitrogen and oxygen atoms in total. The second kappa shape index (κ2) is 6.97. The fourth-order valence-corrected chi connectivity index (χ4v) is 3.14. The maximum atomic E-state index is 12.9. The third kappa shape index (κ3) is 3.38. The van der Waals surface area contributed by atoms with Crippen molar-refractivity contribution in [2.24, 2.45) is 5.92 Å². The first-order valence-corrected chi connectivity index (χ1v) is 8.01. The molecule has 24 heavy (non-hydrogen) atoms. The van der Waals surface area contributed by atoms with Crippen LogP contribution in [-0.4, -0.2) is 27.0 Å². The van der Waals surface area contributed by atoms with Crippen LogP contribution in [0.5, 0.6) is 0 Å². The maximum Gasteiger partial charge on any atom is 0.304 e. The number of nitrogens with zero attached hydrogens (tertiary/aromatic N) is 3. The number of benzene rings is 1. The average molecular weight is 346 g/mol. The molecule has 1 aromatic carbocycles. The van der Waals surface area contributed by atoms with Crippen molar-refractivity contribution in [1.82, 2.24) is 9.97 Å². The van der Waals surface area contributed by atoms with Gasteiger partial charge in [-0.25, -0.2) is 9.97 Å². The summed E-state index contributed by atoms with van der Waals surface area (Å²) in [5.41, 5.74) is 0.925.